The second-order valence-corrected chi connectivity index (χ2v) is 11.0. The molecule has 1 aromatic rings. The van der Waals surface area contributed by atoms with E-state index in [0.29, 0.717) is 52.0 Å². The molecule has 3 amide bonds. The third-order valence-corrected chi connectivity index (χ3v) is 7.72. The van der Waals surface area contributed by atoms with Gasteiger partial charge >= 0.3 is 5.97 Å². The standard InChI is InChI=1S/C30H49N7O5/c1-5-35(6-2)26(21(3)4)27(39)34-25(23(29(41)42)20-22-12-8-7-9-13-22)28(40)37-18-16-36(17-19-37)24(38)14-10-11-15-33-30(31)32/h7-9,12-13,21,23,25-26H,5-6,10-11,14-20H2,1-4H3,(H,34,39)(H,41,42)(H4,31,32,33)/t23?,25-,26?/m0/s1. The molecule has 0 aromatic heterocycles. The molecule has 2 rings (SSSR count). The molecule has 0 aliphatic carbocycles. The van der Waals surface area contributed by atoms with E-state index in [4.69, 9.17) is 11.5 Å². The highest BCUT2D eigenvalue weighted by Gasteiger charge is 2.40. The number of hydrogen-bond acceptors (Lipinski definition) is 6. The number of piperazine rings is 1. The summed E-state index contributed by atoms with van der Waals surface area (Å²) in [7, 11) is 0. The summed E-state index contributed by atoms with van der Waals surface area (Å²) >= 11 is 0. The number of nitrogens with two attached hydrogens (primary N) is 2. The maximum absolute atomic E-state index is 13.9. The number of unbranched alkanes of at least 4 members (excludes halogenated alkanes) is 1. The molecule has 1 heterocycles. The van der Waals surface area contributed by atoms with E-state index in [1.165, 1.54) is 0 Å². The number of nitrogens with zero attached hydrogens (tertiary/aromatic N) is 4. The SMILES string of the molecule is CCN(CC)C(C(=O)N[C@H](C(=O)N1CCN(C(=O)CCCCN=C(N)N)CC1)C(Cc1ccccc1)C(=O)O)C(C)C. The predicted molar refractivity (Wildman–Crippen MR) is 162 cm³/mol. The Labute approximate surface area is 249 Å². The Balaban J connectivity index is 2.20. The Bertz CT molecular complexity index is 1050. The second kappa shape index (κ2) is 17.3. The summed E-state index contributed by atoms with van der Waals surface area (Å²) in [5, 5.41) is 13.1. The quantitative estimate of drug-likeness (QED) is 0.125. The van der Waals surface area contributed by atoms with Gasteiger partial charge in [0.15, 0.2) is 5.96 Å². The van der Waals surface area contributed by atoms with Crippen molar-refractivity contribution >= 4 is 29.7 Å². The number of nitrogens with one attached hydrogen (secondary N) is 1. The zero-order valence-electron chi connectivity index (χ0n) is 25.5. The summed E-state index contributed by atoms with van der Waals surface area (Å²) in [5.74, 6) is -3.17. The van der Waals surface area contributed by atoms with Crippen LogP contribution in [0.4, 0.5) is 0 Å². The highest BCUT2D eigenvalue weighted by Crippen LogP contribution is 2.19. The Morgan fingerprint density at radius 2 is 1.57 bits per heavy atom. The van der Waals surface area contributed by atoms with Crippen molar-refractivity contribution in [1.82, 2.24) is 20.0 Å². The average Bonchev–Trinajstić information content (AvgIpc) is 2.96. The van der Waals surface area contributed by atoms with Crippen LogP contribution in [0.15, 0.2) is 35.3 Å². The van der Waals surface area contributed by atoms with E-state index in [2.05, 4.69) is 10.3 Å². The van der Waals surface area contributed by atoms with Gasteiger partial charge in [-0.15, -0.1) is 0 Å². The predicted octanol–water partition coefficient (Wildman–Crippen LogP) is 0.896. The zero-order chi connectivity index (χ0) is 31.2. The van der Waals surface area contributed by atoms with Crippen LogP contribution in [0.1, 0.15) is 52.5 Å². The number of carboxylic acid groups (broad SMARTS) is 1. The minimum atomic E-state index is -1.26. The third kappa shape index (κ3) is 10.3. The molecule has 0 radical (unpaired) electrons. The van der Waals surface area contributed by atoms with Crippen molar-refractivity contribution in [1.29, 1.82) is 0 Å². The number of carbonyl (C=O) groups is 4. The lowest BCUT2D eigenvalue weighted by atomic mass is 9.90. The maximum atomic E-state index is 13.9. The second-order valence-electron chi connectivity index (χ2n) is 11.0. The summed E-state index contributed by atoms with van der Waals surface area (Å²) in [6.45, 7) is 10.7. The van der Waals surface area contributed by atoms with Crippen LogP contribution in [-0.4, -0.2) is 107 Å². The summed E-state index contributed by atoms with van der Waals surface area (Å²) in [6.07, 6.45) is 1.77. The minimum absolute atomic E-state index is 0.0110. The lowest BCUT2D eigenvalue weighted by Crippen LogP contribution is -2.61. The van der Waals surface area contributed by atoms with Gasteiger partial charge in [0.2, 0.25) is 17.7 Å². The summed E-state index contributed by atoms with van der Waals surface area (Å²) in [6, 6.07) is 7.33. The van der Waals surface area contributed by atoms with Crippen molar-refractivity contribution in [3.8, 4) is 0 Å². The molecule has 12 nitrogen and oxygen atoms in total. The Kier molecular flexibility index (Phi) is 14.2. The number of rotatable bonds is 16. The first-order valence-corrected chi connectivity index (χ1v) is 14.9. The van der Waals surface area contributed by atoms with E-state index in [-0.39, 0.29) is 43.2 Å². The number of carbonyl (C=O) groups excluding carboxylic acids is 3. The van der Waals surface area contributed by atoms with Gasteiger partial charge in [-0.05, 0) is 43.8 Å². The number of carboxylic acids is 1. The molecule has 2 unspecified atom stereocenters. The molecule has 42 heavy (non-hydrogen) atoms. The molecule has 6 N–H and O–H groups in total. The van der Waals surface area contributed by atoms with Gasteiger partial charge in [0.25, 0.3) is 0 Å². The first kappa shape index (κ1) is 34.5. The van der Waals surface area contributed by atoms with Crippen LogP contribution in [0.5, 0.6) is 0 Å². The molecule has 1 aliphatic heterocycles. The van der Waals surface area contributed by atoms with Crippen molar-refractivity contribution in [2.75, 3.05) is 45.8 Å². The van der Waals surface area contributed by atoms with Crippen molar-refractivity contribution < 1.29 is 24.3 Å². The van der Waals surface area contributed by atoms with E-state index in [1.807, 2.05) is 62.9 Å². The molecule has 3 atom stereocenters. The van der Waals surface area contributed by atoms with Crippen LogP contribution in [0.25, 0.3) is 0 Å². The molecule has 12 heteroatoms. The normalized spacial score (nSPS) is 15.7. The van der Waals surface area contributed by atoms with E-state index < -0.39 is 29.9 Å². The van der Waals surface area contributed by atoms with Gasteiger partial charge in [-0.3, -0.25) is 29.1 Å². The van der Waals surface area contributed by atoms with Crippen LogP contribution in [0.3, 0.4) is 0 Å². The van der Waals surface area contributed by atoms with Gasteiger partial charge in [-0.2, -0.15) is 0 Å². The molecule has 1 aromatic carbocycles. The van der Waals surface area contributed by atoms with Crippen LogP contribution < -0.4 is 16.8 Å². The molecular weight excluding hydrogens is 538 g/mol. The molecule has 0 saturated carbocycles. The highest BCUT2D eigenvalue weighted by atomic mass is 16.4. The molecule has 234 valence electrons. The van der Waals surface area contributed by atoms with Crippen LogP contribution in [0.2, 0.25) is 0 Å². The molecule has 1 fully saturated rings. The van der Waals surface area contributed by atoms with E-state index in [0.717, 1.165) is 5.56 Å². The van der Waals surface area contributed by atoms with E-state index in [1.54, 1.807) is 9.80 Å². The molecule has 0 bridgehead atoms. The number of guanidine groups is 1. The van der Waals surface area contributed by atoms with Gasteiger partial charge in [0.1, 0.15) is 6.04 Å². The number of aliphatic imine (C=N–C) groups is 1. The van der Waals surface area contributed by atoms with Gasteiger partial charge in [-0.25, -0.2) is 0 Å². The van der Waals surface area contributed by atoms with Crippen molar-refractivity contribution in [3.63, 3.8) is 0 Å². The molecular formula is C30H49N7O5. The zero-order valence-corrected chi connectivity index (χ0v) is 25.5. The first-order valence-electron chi connectivity index (χ1n) is 14.9. The fourth-order valence-electron chi connectivity index (χ4n) is 5.42. The molecule has 1 aliphatic rings. The van der Waals surface area contributed by atoms with Crippen molar-refractivity contribution in [3.05, 3.63) is 35.9 Å². The largest absolute Gasteiger partial charge is 0.481 e. The summed E-state index contributed by atoms with van der Waals surface area (Å²) in [5.41, 5.74) is 11.4. The van der Waals surface area contributed by atoms with Crippen LogP contribution in [0, 0.1) is 11.8 Å². The minimum Gasteiger partial charge on any atom is -0.481 e. The number of likely N-dealkylation sites (N-methyl/N-ethyl adjacent to an activating group) is 1. The summed E-state index contributed by atoms with van der Waals surface area (Å²) in [4.78, 5) is 62.1. The average molecular weight is 588 g/mol. The smallest absolute Gasteiger partial charge is 0.309 e. The topological polar surface area (TPSA) is 175 Å². The van der Waals surface area contributed by atoms with E-state index >= 15 is 0 Å². The van der Waals surface area contributed by atoms with Crippen LogP contribution in [-0.2, 0) is 25.6 Å². The van der Waals surface area contributed by atoms with Crippen molar-refractivity contribution in [2.24, 2.45) is 28.3 Å². The fourth-order valence-corrected chi connectivity index (χ4v) is 5.42. The van der Waals surface area contributed by atoms with E-state index in [9.17, 15) is 24.3 Å². The third-order valence-electron chi connectivity index (χ3n) is 7.72. The number of aliphatic carboxylic acids is 1. The fraction of sp³-hybridized carbons (Fsp3) is 0.633. The number of benzene rings is 1. The molecule has 1 saturated heterocycles. The lowest BCUT2D eigenvalue weighted by Gasteiger charge is -2.38. The Morgan fingerprint density at radius 3 is 2.10 bits per heavy atom. The van der Waals surface area contributed by atoms with Crippen molar-refractivity contribution in [2.45, 2.75) is 65.5 Å². The lowest BCUT2D eigenvalue weighted by molar-refractivity contribution is -0.151. The first-order chi connectivity index (χ1) is 20.0. The van der Waals surface area contributed by atoms with Gasteiger partial charge in [-0.1, -0.05) is 58.0 Å². The van der Waals surface area contributed by atoms with Gasteiger partial charge in [0.05, 0.1) is 12.0 Å². The number of hydrogen-bond donors (Lipinski definition) is 4. The molecule has 0 spiro atoms. The monoisotopic (exact) mass is 587 g/mol. The van der Waals surface area contributed by atoms with Gasteiger partial charge < -0.3 is 31.7 Å². The highest BCUT2D eigenvalue weighted by molar-refractivity contribution is 5.93. The summed E-state index contributed by atoms with van der Waals surface area (Å²) < 4.78 is 0. The Hall–Kier alpha value is -3.67. The van der Waals surface area contributed by atoms with Gasteiger partial charge in [0, 0.05) is 39.1 Å². The Morgan fingerprint density at radius 1 is 0.976 bits per heavy atom. The number of amides is 3. The maximum Gasteiger partial charge on any atom is 0.309 e. The van der Waals surface area contributed by atoms with Crippen LogP contribution >= 0.6 is 0 Å².